The maximum atomic E-state index is 8.81. The summed E-state index contributed by atoms with van der Waals surface area (Å²) < 4.78 is 2.09. The second-order valence-corrected chi connectivity index (χ2v) is 4.75. The lowest BCUT2D eigenvalue weighted by Gasteiger charge is -2.14. The predicted molar refractivity (Wildman–Crippen MR) is 70.1 cm³/mol. The largest absolute Gasteiger partial charge is 0.396 e. The Balaban J connectivity index is 2.42. The highest BCUT2D eigenvalue weighted by Gasteiger charge is 2.08. The number of hydrogen-bond donors (Lipinski definition) is 2. The van der Waals surface area contributed by atoms with E-state index >= 15 is 0 Å². The number of nitrogens with zero attached hydrogens (tertiary/aromatic N) is 3. The minimum Gasteiger partial charge on any atom is -0.396 e. The van der Waals surface area contributed by atoms with Crippen molar-refractivity contribution >= 4 is 5.95 Å². The fraction of sp³-hybridized carbons (Fsp3) is 0.750. The van der Waals surface area contributed by atoms with E-state index in [-0.39, 0.29) is 6.61 Å². The number of rotatable bonds is 7. The van der Waals surface area contributed by atoms with E-state index in [0.717, 1.165) is 25.5 Å². The number of anilines is 1. The molecule has 0 radical (unpaired) electrons. The molecule has 1 unspecified atom stereocenters. The van der Waals surface area contributed by atoms with Crippen LogP contribution in [0.2, 0.25) is 0 Å². The number of aliphatic hydroxyl groups is 1. The van der Waals surface area contributed by atoms with E-state index in [2.05, 4.69) is 21.8 Å². The van der Waals surface area contributed by atoms with Gasteiger partial charge in [0.2, 0.25) is 5.95 Å². The Morgan fingerprint density at radius 2 is 2.24 bits per heavy atom. The third-order valence-corrected chi connectivity index (χ3v) is 2.88. The van der Waals surface area contributed by atoms with Gasteiger partial charge in [-0.05, 0) is 18.9 Å². The highest BCUT2D eigenvalue weighted by atomic mass is 16.3. The molecule has 0 saturated carbocycles. The molecule has 0 amide bonds. The van der Waals surface area contributed by atoms with Crippen LogP contribution in [0.3, 0.4) is 0 Å². The molecule has 5 nitrogen and oxygen atoms in total. The van der Waals surface area contributed by atoms with Crippen molar-refractivity contribution in [2.45, 2.75) is 19.9 Å². The molecule has 2 N–H and O–H groups in total. The number of aliphatic hydroxyl groups excluding tert-OH is 1. The molecule has 0 aliphatic heterocycles. The zero-order valence-electron chi connectivity index (χ0n) is 11.3. The Kier molecular flexibility index (Phi) is 5.44. The van der Waals surface area contributed by atoms with E-state index in [1.165, 1.54) is 5.69 Å². The molecule has 1 aromatic heterocycles. The highest BCUT2D eigenvalue weighted by Crippen LogP contribution is 2.10. The Labute approximate surface area is 103 Å². The smallest absolute Gasteiger partial charge is 0.204 e. The van der Waals surface area contributed by atoms with Crippen molar-refractivity contribution in [3.05, 3.63) is 11.9 Å². The van der Waals surface area contributed by atoms with Gasteiger partial charge < -0.3 is 19.9 Å². The second-order valence-electron chi connectivity index (χ2n) is 4.75. The summed E-state index contributed by atoms with van der Waals surface area (Å²) in [4.78, 5) is 6.36. The van der Waals surface area contributed by atoms with E-state index in [0.29, 0.717) is 5.92 Å². The zero-order valence-corrected chi connectivity index (χ0v) is 11.3. The first kappa shape index (κ1) is 14.0. The molecule has 0 aromatic carbocycles. The van der Waals surface area contributed by atoms with Crippen LogP contribution in [-0.4, -0.2) is 41.9 Å². The summed E-state index contributed by atoms with van der Waals surface area (Å²) in [5.74, 6) is 1.46. The molecule has 0 bridgehead atoms. The Hall–Kier alpha value is -1.07. The van der Waals surface area contributed by atoms with Crippen LogP contribution in [0.5, 0.6) is 0 Å². The minimum absolute atomic E-state index is 0.263. The van der Waals surface area contributed by atoms with Crippen molar-refractivity contribution < 1.29 is 5.11 Å². The van der Waals surface area contributed by atoms with E-state index < -0.39 is 0 Å². The molecule has 1 aromatic rings. The first-order valence-electron chi connectivity index (χ1n) is 6.05. The lowest BCUT2D eigenvalue weighted by Crippen LogP contribution is -2.23. The summed E-state index contributed by atoms with van der Waals surface area (Å²) in [6.07, 6.45) is 2.75. The van der Waals surface area contributed by atoms with Crippen LogP contribution in [0.15, 0.2) is 6.20 Å². The van der Waals surface area contributed by atoms with Crippen molar-refractivity contribution in [3.8, 4) is 0 Å². The quantitative estimate of drug-likeness (QED) is 0.732. The fourth-order valence-electron chi connectivity index (χ4n) is 1.78. The van der Waals surface area contributed by atoms with Crippen LogP contribution in [-0.2, 0) is 13.6 Å². The summed E-state index contributed by atoms with van der Waals surface area (Å²) in [5.41, 5.74) is 1.17. The number of hydrogen-bond acceptors (Lipinski definition) is 4. The molecule has 5 heteroatoms. The standard InChI is InChI=1S/C12H24N4O/c1-10(5-6-17)7-13-8-11-9-14-12(15(2)3)16(11)4/h9-10,13,17H,5-8H2,1-4H3. The van der Waals surface area contributed by atoms with Gasteiger partial charge in [0.15, 0.2) is 0 Å². The highest BCUT2D eigenvalue weighted by molar-refractivity contribution is 5.30. The van der Waals surface area contributed by atoms with Crippen LogP contribution in [0.1, 0.15) is 19.0 Å². The molecule has 1 heterocycles. The first-order valence-corrected chi connectivity index (χ1v) is 6.05. The van der Waals surface area contributed by atoms with Crippen LogP contribution in [0, 0.1) is 5.92 Å². The van der Waals surface area contributed by atoms with Crippen molar-refractivity contribution in [3.63, 3.8) is 0 Å². The van der Waals surface area contributed by atoms with Gasteiger partial charge in [-0.2, -0.15) is 0 Å². The Bertz CT molecular complexity index is 335. The van der Waals surface area contributed by atoms with Gasteiger partial charge in [0.1, 0.15) is 0 Å². The monoisotopic (exact) mass is 240 g/mol. The molecule has 1 atom stereocenters. The van der Waals surface area contributed by atoms with E-state index in [4.69, 9.17) is 5.11 Å². The van der Waals surface area contributed by atoms with Gasteiger partial charge in [-0.15, -0.1) is 0 Å². The molecular weight excluding hydrogens is 216 g/mol. The number of nitrogens with one attached hydrogen (secondary N) is 1. The van der Waals surface area contributed by atoms with E-state index in [9.17, 15) is 0 Å². The van der Waals surface area contributed by atoms with Crippen LogP contribution in [0.25, 0.3) is 0 Å². The Morgan fingerprint density at radius 1 is 1.53 bits per heavy atom. The molecule has 0 aliphatic carbocycles. The van der Waals surface area contributed by atoms with Gasteiger partial charge in [0.05, 0.1) is 11.9 Å². The van der Waals surface area contributed by atoms with Crippen LogP contribution >= 0.6 is 0 Å². The molecule has 98 valence electrons. The molecule has 0 spiro atoms. The van der Waals surface area contributed by atoms with Crippen LogP contribution in [0.4, 0.5) is 5.95 Å². The summed E-state index contributed by atoms with van der Waals surface area (Å²) >= 11 is 0. The summed E-state index contributed by atoms with van der Waals surface area (Å²) in [5, 5.41) is 12.2. The maximum absolute atomic E-state index is 8.81. The van der Waals surface area contributed by atoms with Gasteiger partial charge in [0.25, 0.3) is 0 Å². The van der Waals surface area contributed by atoms with Gasteiger partial charge in [-0.3, -0.25) is 0 Å². The Morgan fingerprint density at radius 3 is 2.76 bits per heavy atom. The first-order chi connectivity index (χ1) is 8.06. The third-order valence-electron chi connectivity index (χ3n) is 2.88. The van der Waals surface area contributed by atoms with Gasteiger partial charge in [-0.1, -0.05) is 6.92 Å². The van der Waals surface area contributed by atoms with E-state index in [1.54, 1.807) is 0 Å². The normalized spacial score (nSPS) is 12.8. The van der Waals surface area contributed by atoms with Crippen LogP contribution < -0.4 is 10.2 Å². The lowest BCUT2D eigenvalue weighted by molar-refractivity contribution is 0.260. The minimum atomic E-state index is 0.263. The lowest BCUT2D eigenvalue weighted by atomic mass is 10.1. The fourth-order valence-corrected chi connectivity index (χ4v) is 1.78. The topological polar surface area (TPSA) is 53.3 Å². The van der Waals surface area contributed by atoms with E-state index in [1.807, 2.05) is 32.2 Å². The summed E-state index contributed by atoms with van der Waals surface area (Å²) in [6, 6.07) is 0. The SMILES string of the molecule is CC(CCO)CNCc1cnc(N(C)C)n1C. The van der Waals surface area contributed by atoms with Gasteiger partial charge >= 0.3 is 0 Å². The summed E-state index contributed by atoms with van der Waals surface area (Å²) in [6.45, 7) is 4.13. The van der Waals surface area contributed by atoms with Crippen molar-refractivity contribution in [2.24, 2.45) is 13.0 Å². The molecule has 0 fully saturated rings. The molecule has 0 aliphatic rings. The molecule has 17 heavy (non-hydrogen) atoms. The van der Waals surface area contributed by atoms with Crippen molar-refractivity contribution in [1.82, 2.24) is 14.9 Å². The summed E-state index contributed by atoms with van der Waals surface area (Å²) in [7, 11) is 6.00. The molecule has 0 saturated heterocycles. The van der Waals surface area contributed by atoms with Gasteiger partial charge in [0, 0.05) is 34.3 Å². The number of imidazole rings is 1. The molecular formula is C12H24N4O. The maximum Gasteiger partial charge on any atom is 0.204 e. The van der Waals surface area contributed by atoms with Crippen molar-refractivity contribution in [2.75, 3.05) is 32.1 Å². The average Bonchev–Trinajstić information content (AvgIpc) is 2.61. The molecule has 1 rings (SSSR count). The number of aromatic nitrogens is 2. The third kappa shape index (κ3) is 4.02. The predicted octanol–water partition coefficient (Wildman–Crippen LogP) is 0.594. The average molecular weight is 240 g/mol. The second kappa shape index (κ2) is 6.61. The van der Waals surface area contributed by atoms with Gasteiger partial charge in [-0.25, -0.2) is 4.98 Å². The zero-order chi connectivity index (χ0) is 12.8. The van der Waals surface area contributed by atoms with Crippen molar-refractivity contribution in [1.29, 1.82) is 0 Å².